The Morgan fingerprint density at radius 3 is 2.27 bits per heavy atom. The molecule has 0 radical (unpaired) electrons. The van der Waals surface area contributed by atoms with Crippen molar-refractivity contribution in [1.29, 1.82) is 0 Å². The summed E-state index contributed by atoms with van der Waals surface area (Å²) in [5.41, 5.74) is 2.30. The maximum atomic E-state index is 12.7. The summed E-state index contributed by atoms with van der Waals surface area (Å²) in [6, 6.07) is 6.21. The van der Waals surface area contributed by atoms with Crippen LogP contribution in [-0.4, -0.2) is 53.3 Å². The molecule has 1 aliphatic carbocycles. The van der Waals surface area contributed by atoms with E-state index in [1.165, 1.54) is 10.5 Å². The van der Waals surface area contributed by atoms with Crippen LogP contribution in [0.5, 0.6) is 5.75 Å². The quantitative estimate of drug-likeness (QED) is 0.697. The van der Waals surface area contributed by atoms with Crippen LogP contribution in [0.3, 0.4) is 0 Å². The largest absolute Gasteiger partial charge is 0.490 e. The van der Waals surface area contributed by atoms with Gasteiger partial charge in [-0.15, -0.1) is 0 Å². The number of fused-ring (bicyclic) bond motifs is 1. The zero-order chi connectivity index (χ0) is 21.3. The third-order valence-electron chi connectivity index (χ3n) is 6.91. The molecule has 162 valence electrons. The molecule has 2 unspecified atom stereocenters. The van der Waals surface area contributed by atoms with E-state index in [1.807, 2.05) is 11.8 Å². The number of carbonyl (C=O) groups is 3. The minimum absolute atomic E-state index is 0.0238. The fourth-order valence-corrected chi connectivity index (χ4v) is 5.05. The zero-order valence-corrected chi connectivity index (χ0v) is 18.1. The van der Waals surface area contributed by atoms with Crippen LogP contribution >= 0.6 is 0 Å². The number of piperidine rings is 1. The van der Waals surface area contributed by atoms with Crippen LogP contribution in [-0.2, 0) is 14.4 Å². The summed E-state index contributed by atoms with van der Waals surface area (Å²) in [4.78, 5) is 41.0. The van der Waals surface area contributed by atoms with Gasteiger partial charge in [0.2, 0.25) is 17.7 Å². The van der Waals surface area contributed by atoms with Crippen molar-refractivity contribution in [3.63, 3.8) is 0 Å². The van der Waals surface area contributed by atoms with Gasteiger partial charge in [0.05, 0.1) is 11.8 Å². The summed E-state index contributed by atoms with van der Waals surface area (Å²) in [5, 5.41) is 0. The molecule has 3 aliphatic rings. The van der Waals surface area contributed by atoms with Crippen LogP contribution in [0.1, 0.15) is 56.1 Å². The molecule has 1 aromatic rings. The molecule has 2 heterocycles. The smallest absolute Gasteiger partial charge is 0.233 e. The SMILES string of the molecule is Cc1ccc(C)c(OC2CCN(C(=O)CCN3C(=O)C4CCCCC4C3=O)CC2)c1. The number of nitrogens with zero attached hydrogens (tertiary/aromatic N) is 2. The van der Waals surface area contributed by atoms with Crippen LogP contribution in [0.2, 0.25) is 0 Å². The molecule has 4 rings (SSSR count). The van der Waals surface area contributed by atoms with E-state index >= 15 is 0 Å². The first-order chi connectivity index (χ1) is 14.4. The van der Waals surface area contributed by atoms with Crippen LogP contribution in [0.15, 0.2) is 18.2 Å². The molecule has 6 nitrogen and oxygen atoms in total. The van der Waals surface area contributed by atoms with Crippen molar-refractivity contribution in [2.45, 2.75) is 64.9 Å². The van der Waals surface area contributed by atoms with Crippen molar-refractivity contribution >= 4 is 17.7 Å². The minimum Gasteiger partial charge on any atom is -0.490 e. The molecule has 0 N–H and O–H groups in total. The van der Waals surface area contributed by atoms with Gasteiger partial charge in [0, 0.05) is 38.9 Å². The number of imide groups is 1. The summed E-state index contributed by atoms with van der Waals surface area (Å²) in [6.45, 7) is 5.63. The summed E-state index contributed by atoms with van der Waals surface area (Å²) >= 11 is 0. The van der Waals surface area contributed by atoms with E-state index in [2.05, 4.69) is 25.1 Å². The molecule has 30 heavy (non-hydrogen) atoms. The number of ether oxygens (including phenoxy) is 1. The zero-order valence-electron chi connectivity index (χ0n) is 18.1. The molecule has 1 aromatic carbocycles. The lowest BCUT2D eigenvalue weighted by Crippen LogP contribution is -2.43. The number of hydrogen-bond acceptors (Lipinski definition) is 4. The Bertz CT molecular complexity index is 804. The number of carbonyl (C=O) groups excluding carboxylic acids is 3. The van der Waals surface area contributed by atoms with Gasteiger partial charge >= 0.3 is 0 Å². The maximum absolute atomic E-state index is 12.7. The Balaban J connectivity index is 1.25. The second-order valence-corrected chi connectivity index (χ2v) is 9.04. The Hall–Kier alpha value is -2.37. The van der Waals surface area contributed by atoms with Gasteiger partial charge in [-0.2, -0.15) is 0 Å². The topological polar surface area (TPSA) is 66.9 Å². The lowest BCUT2D eigenvalue weighted by molar-refractivity contribution is -0.141. The van der Waals surface area contributed by atoms with Crippen molar-refractivity contribution in [3.8, 4) is 5.75 Å². The number of rotatable bonds is 5. The monoisotopic (exact) mass is 412 g/mol. The van der Waals surface area contributed by atoms with Crippen LogP contribution in [0.4, 0.5) is 0 Å². The highest BCUT2D eigenvalue weighted by atomic mass is 16.5. The van der Waals surface area contributed by atoms with Gasteiger partial charge in [-0.05, 0) is 43.9 Å². The van der Waals surface area contributed by atoms with E-state index in [0.29, 0.717) is 13.1 Å². The first-order valence-corrected chi connectivity index (χ1v) is 11.3. The predicted octanol–water partition coefficient (Wildman–Crippen LogP) is 3.24. The van der Waals surface area contributed by atoms with E-state index in [-0.39, 0.29) is 48.6 Å². The van der Waals surface area contributed by atoms with Gasteiger partial charge in [0.25, 0.3) is 0 Å². The first kappa shape index (κ1) is 20.9. The highest BCUT2D eigenvalue weighted by Gasteiger charge is 2.47. The molecule has 0 aromatic heterocycles. The van der Waals surface area contributed by atoms with E-state index < -0.39 is 0 Å². The van der Waals surface area contributed by atoms with Crippen molar-refractivity contribution in [2.75, 3.05) is 19.6 Å². The summed E-state index contributed by atoms with van der Waals surface area (Å²) in [6.07, 6.45) is 5.59. The van der Waals surface area contributed by atoms with Crippen molar-refractivity contribution in [2.24, 2.45) is 11.8 Å². The van der Waals surface area contributed by atoms with Crippen molar-refractivity contribution < 1.29 is 19.1 Å². The fourth-order valence-electron chi connectivity index (χ4n) is 5.05. The van der Waals surface area contributed by atoms with Gasteiger partial charge < -0.3 is 9.64 Å². The molecule has 2 saturated heterocycles. The number of aryl methyl sites for hydroxylation is 2. The highest BCUT2D eigenvalue weighted by Crippen LogP contribution is 2.38. The number of amides is 3. The average molecular weight is 413 g/mol. The Kier molecular flexibility index (Phi) is 6.11. The van der Waals surface area contributed by atoms with E-state index in [4.69, 9.17) is 4.74 Å². The molecule has 3 fully saturated rings. The molecule has 0 bridgehead atoms. The molecular weight excluding hydrogens is 380 g/mol. The Morgan fingerprint density at radius 2 is 1.63 bits per heavy atom. The molecule has 0 spiro atoms. The molecule has 2 atom stereocenters. The third kappa shape index (κ3) is 4.23. The van der Waals surface area contributed by atoms with E-state index in [0.717, 1.165) is 49.8 Å². The van der Waals surface area contributed by atoms with Gasteiger partial charge in [-0.25, -0.2) is 0 Å². The third-order valence-corrected chi connectivity index (χ3v) is 6.91. The Labute approximate surface area is 178 Å². The van der Waals surface area contributed by atoms with Gasteiger partial charge in [-0.3, -0.25) is 19.3 Å². The summed E-state index contributed by atoms with van der Waals surface area (Å²) in [7, 11) is 0. The highest BCUT2D eigenvalue weighted by molar-refractivity contribution is 6.05. The number of benzene rings is 1. The lowest BCUT2D eigenvalue weighted by Gasteiger charge is -2.33. The first-order valence-electron chi connectivity index (χ1n) is 11.3. The van der Waals surface area contributed by atoms with Gasteiger partial charge in [0.15, 0.2) is 0 Å². The lowest BCUT2D eigenvalue weighted by atomic mass is 9.81. The molecule has 1 saturated carbocycles. The summed E-state index contributed by atoms with van der Waals surface area (Å²) < 4.78 is 6.18. The van der Waals surface area contributed by atoms with Crippen molar-refractivity contribution in [1.82, 2.24) is 9.80 Å². The van der Waals surface area contributed by atoms with Crippen LogP contribution in [0, 0.1) is 25.7 Å². The summed E-state index contributed by atoms with van der Waals surface area (Å²) in [5.74, 6) is 0.554. The van der Waals surface area contributed by atoms with E-state index in [1.54, 1.807) is 0 Å². The Morgan fingerprint density at radius 1 is 1.00 bits per heavy atom. The molecule has 6 heteroatoms. The van der Waals surface area contributed by atoms with Crippen molar-refractivity contribution in [3.05, 3.63) is 29.3 Å². The van der Waals surface area contributed by atoms with E-state index in [9.17, 15) is 14.4 Å². The second kappa shape index (κ2) is 8.78. The maximum Gasteiger partial charge on any atom is 0.233 e. The van der Waals surface area contributed by atoms with Crippen LogP contribution in [0.25, 0.3) is 0 Å². The minimum atomic E-state index is -0.140. The molecular formula is C24H32N2O4. The molecule has 2 aliphatic heterocycles. The molecule has 3 amide bonds. The van der Waals surface area contributed by atoms with Gasteiger partial charge in [-0.1, -0.05) is 25.0 Å². The predicted molar refractivity (Wildman–Crippen MR) is 113 cm³/mol. The second-order valence-electron chi connectivity index (χ2n) is 9.04. The van der Waals surface area contributed by atoms with Crippen LogP contribution < -0.4 is 4.74 Å². The number of likely N-dealkylation sites (tertiary alicyclic amines) is 2. The normalized spacial score (nSPS) is 24.9. The standard InChI is InChI=1S/C24H32N2O4/c1-16-7-8-17(2)21(15-16)30-18-9-12-25(13-10-18)22(27)11-14-26-23(28)19-5-3-4-6-20(19)24(26)29/h7-8,15,18-20H,3-6,9-14H2,1-2H3. The average Bonchev–Trinajstić information content (AvgIpc) is 3.00. The number of hydrogen-bond donors (Lipinski definition) is 0. The fraction of sp³-hybridized carbons (Fsp3) is 0.625. The van der Waals surface area contributed by atoms with Gasteiger partial charge in [0.1, 0.15) is 11.9 Å².